The zero-order chi connectivity index (χ0) is 24.9. The van der Waals surface area contributed by atoms with Gasteiger partial charge < -0.3 is 9.47 Å². The Hall–Kier alpha value is -1.79. The van der Waals surface area contributed by atoms with Crippen molar-refractivity contribution in [2.24, 2.45) is 0 Å². The molecule has 1 rings (SSSR count). The molecule has 1 heterocycles. The molecule has 0 aromatic carbocycles. The number of alkyl halides is 14. The van der Waals surface area contributed by atoms with Crippen LogP contribution in [0.1, 0.15) is 13.3 Å². The van der Waals surface area contributed by atoms with Crippen LogP contribution in [0.4, 0.5) is 66.3 Å². The fourth-order valence-corrected chi connectivity index (χ4v) is 1.80. The van der Waals surface area contributed by atoms with Crippen LogP contribution in [0.3, 0.4) is 0 Å². The number of halogens is 14. The highest BCUT2D eigenvalue weighted by molar-refractivity contribution is 5.61. The van der Waals surface area contributed by atoms with Crippen LogP contribution >= 0.6 is 0 Å². The summed E-state index contributed by atoms with van der Waals surface area (Å²) in [4.78, 5) is 10.6. The summed E-state index contributed by atoms with van der Waals surface area (Å²) in [5.41, 5.74) is 0. The highest BCUT2D eigenvalue weighted by atomic mass is 19.4. The third-order valence-corrected chi connectivity index (χ3v) is 3.41. The second kappa shape index (κ2) is 7.66. The van der Waals surface area contributed by atoms with Gasteiger partial charge in [-0.2, -0.15) is 52.7 Å². The number of ether oxygens (including phenoxy) is 4. The maximum Gasteiger partial charge on any atom is 0.508 e. The second-order valence-electron chi connectivity index (χ2n) is 5.96. The molecule has 0 aliphatic carbocycles. The van der Waals surface area contributed by atoms with Gasteiger partial charge >= 0.3 is 48.4 Å². The Kier molecular flexibility index (Phi) is 6.73. The summed E-state index contributed by atoms with van der Waals surface area (Å²) in [5, 5.41) is 0. The van der Waals surface area contributed by atoms with Gasteiger partial charge in [-0.15, -0.1) is 0 Å². The molecule has 184 valence electrons. The summed E-state index contributed by atoms with van der Waals surface area (Å²) in [6, 6.07) is 0. The first kappa shape index (κ1) is 27.2. The lowest BCUT2D eigenvalue weighted by molar-refractivity contribution is -0.514. The summed E-state index contributed by atoms with van der Waals surface area (Å²) in [6.07, 6.45) is -33.8. The van der Waals surface area contributed by atoms with E-state index >= 15 is 0 Å². The molecule has 0 radical (unpaired) electrons. The molecule has 0 N–H and O–H groups in total. The van der Waals surface area contributed by atoms with Gasteiger partial charge in [-0.25, -0.2) is 13.6 Å². The van der Waals surface area contributed by atoms with E-state index in [9.17, 15) is 66.3 Å². The van der Waals surface area contributed by atoms with E-state index in [2.05, 4.69) is 18.9 Å². The average Bonchev–Trinajstić information content (AvgIpc) is 2.87. The average molecular weight is 498 g/mol. The van der Waals surface area contributed by atoms with Crippen molar-refractivity contribution in [2.45, 2.75) is 61.7 Å². The lowest BCUT2D eigenvalue weighted by Gasteiger charge is -2.39. The number of hydrogen-bond acceptors (Lipinski definition) is 5. The predicted molar refractivity (Wildman–Crippen MR) is 63.3 cm³/mol. The molecule has 31 heavy (non-hydrogen) atoms. The number of rotatable bonds is 8. The first-order valence-corrected chi connectivity index (χ1v) is 7.27. The molecule has 19 heteroatoms. The molecule has 3 unspecified atom stereocenters. The molecule has 0 amide bonds. The summed E-state index contributed by atoms with van der Waals surface area (Å²) >= 11 is 0. The van der Waals surface area contributed by atoms with E-state index in [1.807, 2.05) is 0 Å². The number of cyclic esters (lactones) is 2. The molecule has 3 atom stereocenters. The van der Waals surface area contributed by atoms with Gasteiger partial charge in [0.1, 0.15) is 12.7 Å². The van der Waals surface area contributed by atoms with Gasteiger partial charge in [0, 0.05) is 6.92 Å². The van der Waals surface area contributed by atoms with Gasteiger partial charge in [0.25, 0.3) is 0 Å². The molecule has 0 aromatic heterocycles. The Morgan fingerprint density at radius 1 is 0.806 bits per heavy atom. The van der Waals surface area contributed by atoms with Crippen molar-refractivity contribution in [1.29, 1.82) is 0 Å². The predicted octanol–water partition coefficient (Wildman–Crippen LogP) is 5.24. The topological polar surface area (TPSA) is 54.0 Å². The zero-order valence-electron chi connectivity index (χ0n) is 14.3. The minimum Gasteiger partial charge on any atom is -0.430 e. The quantitative estimate of drug-likeness (QED) is 0.339. The summed E-state index contributed by atoms with van der Waals surface area (Å²) < 4.78 is 194. The second-order valence-corrected chi connectivity index (χ2v) is 5.96. The lowest BCUT2D eigenvalue weighted by Crippen LogP contribution is -2.61. The molecule has 1 aliphatic rings. The van der Waals surface area contributed by atoms with E-state index < -0.39 is 74.4 Å². The van der Waals surface area contributed by atoms with Crippen molar-refractivity contribution in [3.8, 4) is 0 Å². The van der Waals surface area contributed by atoms with Crippen LogP contribution in [-0.2, 0) is 18.9 Å². The lowest BCUT2D eigenvalue weighted by atomic mass is 10.1. The minimum atomic E-state index is -7.31. The molecular formula is C12H8F14O5. The first-order chi connectivity index (χ1) is 13.4. The van der Waals surface area contributed by atoms with Gasteiger partial charge in [0.15, 0.2) is 0 Å². The minimum absolute atomic E-state index is 1.02. The molecule has 1 aliphatic heterocycles. The Labute approximate surface area is 161 Å². The fourth-order valence-electron chi connectivity index (χ4n) is 1.80. The molecule has 1 saturated heterocycles. The third-order valence-electron chi connectivity index (χ3n) is 3.41. The van der Waals surface area contributed by atoms with Crippen LogP contribution in [0.5, 0.6) is 0 Å². The molecule has 1 fully saturated rings. The van der Waals surface area contributed by atoms with Gasteiger partial charge in [-0.05, 0) is 0 Å². The van der Waals surface area contributed by atoms with Gasteiger partial charge in [0.2, 0.25) is 0 Å². The normalized spacial score (nSPS) is 23.1. The van der Waals surface area contributed by atoms with E-state index in [1.54, 1.807) is 0 Å². The number of carbonyl (C=O) groups is 1. The summed E-state index contributed by atoms with van der Waals surface area (Å²) in [7, 11) is 0. The van der Waals surface area contributed by atoms with Crippen molar-refractivity contribution in [3.05, 3.63) is 0 Å². The number of hydrogen-bond donors (Lipinski definition) is 0. The molecular weight excluding hydrogens is 490 g/mol. The molecule has 0 aromatic rings. The molecule has 5 nitrogen and oxygen atoms in total. The SMILES string of the molecule is CC(F)(OC(F)(F)C(F)(F)C(F)(F)F)C(F)(F)OC(F)(CC1COC(=O)O1)C(F)(F)F. The van der Waals surface area contributed by atoms with E-state index in [4.69, 9.17) is 0 Å². The van der Waals surface area contributed by atoms with Crippen molar-refractivity contribution in [1.82, 2.24) is 0 Å². The van der Waals surface area contributed by atoms with E-state index in [1.165, 1.54) is 0 Å². The van der Waals surface area contributed by atoms with Crippen molar-refractivity contribution >= 4 is 6.16 Å². The van der Waals surface area contributed by atoms with Crippen LogP contribution in [0.2, 0.25) is 0 Å². The van der Waals surface area contributed by atoms with Crippen LogP contribution in [0.25, 0.3) is 0 Å². The Bertz CT molecular complexity index is 672. The highest BCUT2D eigenvalue weighted by Gasteiger charge is 2.78. The van der Waals surface area contributed by atoms with Gasteiger partial charge in [0.05, 0.1) is 6.42 Å². The maximum absolute atomic E-state index is 14.1. The van der Waals surface area contributed by atoms with E-state index in [0.717, 1.165) is 0 Å². The van der Waals surface area contributed by atoms with Crippen LogP contribution in [0.15, 0.2) is 0 Å². The van der Waals surface area contributed by atoms with E-state index in [0.29, 0.717) is 0 Å². The van der Waals surface area contributed by atoms with E-state index in [-0.39, 0.29) is 0 Å². The molecule has 0 bridgehead atoms. The summed E-state index contributed by atoms with van der Waals surface area (Å²) in [5.74, 6) is -18.9. The maximum atomic E-state index is 14.1. The smallest absolute Gasteiger partial charge is 0.430 e. The highest BCUT2D eigenvalue weighted by Crippen LogP contribution is 2.52. The summed E-state index contributed by atoms with van der Waals surface area (Å²) in [6.45, 7) is -2.18. The monoisotopic (exact) mass is 498 g/mol. The van der Waals surface area contributed by atoms with Crippen molar-refractivity contribution in [2.75, 3.05) is 6.61 Å². The first-order valence-electron chi connectivity index (χ1n) is 7.27. The van der Waals surface area contributed by atoms with Gasteiger partial charge in [-0.1, -0.05) is 0 Å². The fraction of sp³-hybridized carbons (Fsp3) is 0.917. The standard InChI is InChI=1S/C12H8F14O5/c1-6(13,30-12(25,26)8(15,16)10(20,21)22)11(23,24)31-7(14,9(17,18)19)2-4-3-28-5(27)29-4/h4H,2-3H2,1H3. The third kappa shape index (κ3) is 5.35. The molecule has 0 saturated carbocycles. The number of carbonyl (C=O) groups excluding carboxylic acids is 1. The van der Waals surface area contributed by atoms with Crippen LogP contribution in [-0.4, -0.2) is 61.1 Å². The Morgan fingerprint density at radius 2 is 1.29 bits per heavy atom. The Morgan fingerprint density at radius 3 is 1.65 bits per heavy atom. The van der Waals surface area contributed by atoms with Crippen LogP contribution < -0.4 is 0 Å². The van der Waals surface area contributed by atoms with Gasteiger partial charge in [-0.3, -0.25) is 9.47 Å². The van der Waals surface area contributed by atoms with Crippen molar-refractivity contribution in [3.63, 3.8) is 0 Å². The largest absolute Gasteiger partial charge is 0.508 e. The zero-order valence-corrected chi connectivity index (χ0v) is 14.3. The molecule has 0 spiro atoms. The Balaban J connectivity index is 3.21. The van der Waals surface area contributed by atoms with Crippen molar-refractivity contribution < 1.29 is 85.2 Å². The van der Waals surface area contributed by atoms with Crippen LogP contribution in [0, 0.1) is 0 Å².